The van der Waals surface area contributed by atoms with Crippen LogP contribution >= 0.6 is 0 Å². The Hall–Kier alpha value is -0.0400. The summed E-state index contributed by atoms with van der Waals surface area (Å²) in [5, 5.41) is 0. The molecule has 4 aliphatic carbocycles. The zero-order chi connectivity index (χ0) is 19.7. The first kappa shape index (κ1) is 19.9. The van der Waals surface area contributed by atoms with Gasteiger partial charge in [-0.2, -0.15) is 0 Å². The lowest BCUT2D eigenvalue weighted by molar-refractivity contribution is -0.115. The lowest BCUT2D eigenvalue weighted by Crippen LogP contribution is -2.57. The first-order chi connectivity index (χ1) is 13.3. The second kappa shape index (κ2) is 6.73. The zero-order valence-electron chi connectivity index (χ0n) is 19.4. The van der Waals surface area contributed by atoms with Crippen molar-refractivity contribution in [1.29, 1.82) is 0 Å². The molecule has 0 radical (unpaired) electrons. The molecule has 5 fully saturated rings. The fourth-order valence-electron chi connectivity index (χ4n) is 9.77. The van der Waals surface area contributed by atoms with Gasteiger partial charge < -0.3 is 4.74 Å². The average molecular weight is 387 g/mol. The molecule has 7 unspecified atom stereocenters. The molecule has 1 saturated heterocycles. The minimum absolute atomic E-state index is 0.322. The van der Waals surface area contributed by atoms with Gasteiger partial charge in [-0.05, 0) is 92.3 Å². The highest BCUT2D eigenvalue weighted by Crippen LogP contribution is 2.73. The van der Waals surface area contributed by atoms with Crippen LogP contribution < -0.4 is 0 Å². The Balaban J connectivity index is 1.32. The monoisotopic (exact) mass is 386 g/mol. The zero-order valence-corrected chi connectivity index (χ0v) is 19.4. The predicted molar refractivity (Wildman–Crippen MR) is 117 cm³/mol. The van der Waals surface area contributed by atoms with E-state index in [1.165, 1.54) is 77.0 Å². The summed E-state index contributed by atoms with van der Waals surface area (Å²) in [5.74, 6) is 5.77. The van der Waals surface area contributed by atoms with E-state index in [0.29, 0.717) is 22.5 Å². The van der Waals surface area contributed by atoms with Gasteiger partial charge in [-0.15, -0.1) is 0 Å². The van der Waals surface area contributed by atoms with Gasteiger partial charge >= 0.3 is 0 Å². The van der Waals surface area contributed by atoms with Gasteiger partial charge in [-0.1, -0.05) is 60.3 Å². The van der Waals surface area contributed by atoms with Crippen LogP contribution in [-0.4, -0.2) is 11.7 Å². The first-order valence-electron chi connectivity index (χ1n) is 13.0. The number of epoxide rings is 1. The number of fused-ring (bicyclic) bond motifs is 4. The van der Waals surface area contributed by atoms with Crippen LogP contribution in [-0.2, 0) is 4.74 Å². The Morgan fingerprint density at radius 1 is 0.857 bits per heavy atom. The summed E-state index contributed by atoms with van der Waals surface area (Å²) >= 11 is 0. The van der Waals surface area contributed by atoms with Crippen LogP contribution in [0.5, 0.6) is 0 Å². The lowest BCUT2D eigenvalue weighted by Gasteiger charge is -2.60. The minimum atomic E-state index is 0.322. The maximum atomic E-state index is 6.48. The van der Waals surface area contributed by atoms with Crippen molar-refractivity contribution >= 4 is 0 Å². The molecule has 0 aromatic rings. The molecule has 0 N–H and O–H groups in total. The highest BCUT2D eigenvalue weighted by Gasteiger charge is 2.73. The summed E-state index contributed by atoms with van der Waals surface area (Å²) in [5.41, 5.74) is 1.46. The summed E-state index contributed by atoms with van der Waals surface area (Å²) in [6.45, 7) is 12.8. The molecule has 1 aliphatic heterocycles. The van der Waals surface area contributed by atoms with E-state index in [9.17, 15) is 0 Å². The number of rotatable bonds is 5. The Bertz CT molecular complexity index is 597. The third kappa shape index (κ3) is 2.66. The van der Waals surface area contributed by atoms with Crippen LogP contribution in [0.25, 0.3) is 0 Å². The van der Waals surface area contributed by atoms with Gasteiger partial charge in [0.25, 0.3) is 0 Å². The van der Waals surface area contributed by atoms with Crippen LogP contribution in [0.1, 0.15) is 112 Å². The Morgan fingerprint density at radius 3 is 2.46 bits per heavy atom. The molecule has 9 atom stereocenters. The Labute approximate surface area is 174 Å². The standard InChI is InChI=1S/C27H46O/c1-18(2)8-6-9-19(3)21-11-12-22-20-13-17-27-24(28-27)10-7-15-26(27,5)23(20)14-16-25(21,22)4/h18-24H,6-17H2,1-5H3/t19?,20?,21?,22?,23?,24-,25?,26?,27-/m1/s1. The molecule has 1 heterocycles. The second-order valence-corrected chi connectivity index (χ2v) is 12.8. The summed E-state index contributed by atoms with van der Waals surface area (Å²) in [4.78, 5) is 0. The van der Waals surface area contributed by atoms with Crippen molar-refractivity contribution < 1.29 is 4.74 Å². The maximum Gasteiger partial charge on any atom is 0.100 e. The van der Waals surface area contributed by atoms with Crippen molar-refractivity contribution in [1.82, 2.24) is 0 Å². The van der Waals surface area contributed by atoms with E-state index in [1.807, 2.05) is 0 Å². The largest absolute Gasteiger partial charge is 0.365 e. The molecule has 0 amide bonds. The smallest absolute Gasteiger partial charge is 0.100 e. The molecular weight excluding hydrogens is 340 g/mol. The van der Waals surface area contributed by atoms with Gasteiger partial charge in [0.2, 0.25) is 0 Å². The third-order valence-electron chi connectivity index (χ3n) is 11.3. The SMILES string of the molecule is CC(C)CCCC(C)C1CCC2C3CC[C@@]45O[C@@H]4CCCC5(C)C3CCC12C. The van der Waals surface area contributed by atoms with Crippen LogP contribution in [0.4, 0.5) is 0 Å². The summed E-state index contributed by atoms with van der Waals surface area (Å²) in [6, 6.07) is 0. The summed E-state index contributed by atoms with van der Waals surface area (Å²) in [6.07, 6.45) is 18.1. The molecule has 28 heavy (non-hydrogen) atoms. The van der Waals surface area contributed by atoms with Gasteiger partial charge in [0.15, 0.2) is 0 Å². The van der Waals surface area contributed by atoms with Crippen LogP contribution in [0.3, 0.4) is 0 Å². The van der Waals surface area contributed by atoms with Crippen molar-refractivity contribution in [3.8, 4) is 0 Å². The molecule has 4 saturated carbocycles. The van der Waals surface area contributed by atoms with E-state index in [2.05, 4.69) is 34.6 Å². The van der Waals surface area contributed by atoms with Gasteiger partial charge in [0.05, 0.1) is 6.10 Å². The second-order valence-electron chi connectivity index (χ2n) is 12.8. The average Bonchev–Trinajstić information content (AvgIpc) is 3.26. The molecule has 1 spiro atoms. The molecule has 1 nitrogen and oxygen atoms in total. The van der Waals surface area contributed by atoms with Crippen molar-refractivity contribution in [2.75, 3.05) is 0 Å². The van der Waals surface area contributed by atoms with Gasteiger partial charge in [0.1, 0.15) is 5.60 Å². The van der Waals surface area contributed by atoms with Gasteiger partial charge in [-0.25, -0.2) is 0 Å². The van der Waals surface area contributed by atoms with Gasteiger partial charge in [0, 0.05) is 5.41 Å². The van der Waals surface area contributed by atoms with Crippen molar-refractivity contribution in [3.05, 3.63) is 0 Å². The van der Waals surface area contributed by atoms with Gasteiger partial charge in [-0.3, -0.25) is 0 Å². The maximum absolute atomic E-state index is 6.48. The Kier molecular flexibility index (Phi) is 4.78. The van der Waals surface area contributed by atoms with Crippen LogP contribution in [0.15, 0.2) is 0 Å². The Morgan fingerprint density at radius 2 is 1.68 bits per heavy atom. The van der Waals surface area contributed by atoms with E-state index in [4.69, 9.17) is 4.74 Å². The molecule has 5 aliphatic rings. The van der Waals surface area contributed by atoms with E-state index in [0.717, 1.165) is 35.5 Å². The fraction of sp³-hybridized carbons (Fsp3) is 1.00. The molecule has 0 aromatic heterocycles. The van der Waals surface area contributed by atoms with E-state index < -0.39 is 0 Å². The topological polar surface area (TPSA) is 12.5 Å². The fourth-order valence-corrected chi connectivity index (χ4v) is 9.77. The highest BCUT2D eigenvalue weighted by atomic mass is 16.6. The summed E-state index contributed by atoms with van der Waals surface area (Å²) in [7, 11) is 0. The van der Waals surface area contributed by atoms with Crippen molar-refractivity contribution in [2.45, 2.75) is 123 Å². The first-order valence-corrected chi connectivity index (χ1v) is 13.0. The van der Waals surface area contributed by atoms with E-state index in [-0.39, 0.29) is 0 Å². The predicted octanol–water partition coefficient (Wildman–Crippen LogP) is 7.63. The minimum Gasteiger partial charge on any atom is -0.365 e. The van der Waals surface area contributed by atoms with E-state index in [1.54, 1.807) is 0 Å². The summed E-state index contributed by atoms with van der Waals surface area (Å²) < 4.78 is 6.48. The number of hydrogen-bond donors (Lipinski definition) is 0. The molecule has 5 rings (SSSR count). The molecule has 0 aromatic carbocycles. The highest BCUT2D eigenvalue weighted by molar-refractivity contribution is 5.22. The third-order valence-corrected chi connectivity index (χ3v) is 11.3. The molecule has 1 heteroatoms. The van der Waals surface area contributed by atoms with Crippen molar-refractivity contribution in [3.63, 3.8) is 0 Å². The van der Waals surface area contributed by atoms with Crippen LogP contribution in [0, 0.1) is 46.3 Å². The number of ether oxygens (including phenoxy) is 1. The van der Waals surface area contributed by atoms with Crippen LogP contribution in [0.2, 0.25) is 0 Å². The molecule has 160 valence electrons. The van der Waals surface area contributed by atoms with Crippen molar-refractivity contribution in [2.24, 2.45) is 46.3 Å². The quantitative estimate of drug-likeness (QED) is 0.442. The molecular formula is C27H46O. The molecule has 0 bridgehead atoms. The normalized spacial score (nSPS) is 53.1. The lowest BCUT2D eigenvalue weighted by atomic mass is 9.44. The number of hydrogen-bond acceptors (Lipinski definition) is 1. The van der Waals surface area contributed by atoms with E-state index >= 15 is 0 Å².